The molecule has 0 aliphatic rings. The second kappa shape index (κ2) is 5.80. The van der Waals surface area contributed by atoms with Gasteiger partial charge in [-0.3, -0.25) is 0 Å². The van der Waals surface area contributed by atoms with Gasteiger partial charge in [-0.1, -0.05) is 12.1 Å². The van der Waals surface area contributed by atoms with Crippen molar-refractivity contribution in [1.29, 1.82) is 5.26 Å². The summed E-state index contributed by atoms with van der Waals surface area (Å²) in [4.78, 5) is 0. The first kappa shape index (κ1) is 13.7. The standard InChI is InChI=1S/C12H16N2O2S/c1-10(9-17(2,15)16)14-8-12-5-3-11(7-13)4-6-12/h3-6,10,14H,8-9H2,1-2H3. The number of rotatable bonds is 5. The van der Waals surface area contributed by atoms with Gasteiger partial charge < -0.3 is 5.32 Å². The molecule has 92 valence electrons. The van der Waals surface area contributed by atoms with E-state index in [4.69, 9.17) is 5.26 Å². The third-order valence-corrected chi connectivity index (χ3v) is 3.40. The number of hydrogen-bond acceptors (Lipinski definition) is 4. The van der Waals surface area contributed by atoms with Gasteiger partial charge in [0.05, 0.1) is 17.4 Å². The lowest BCUT2D eigenvalue weighted by atomic mass is 10.1. The molecular weight excluding hydrogens is 236 g/mol. The Morgan fingerprint density at radius 1 is 1.35 bits per heavy atom. The van der Waals surface area contributed by atoms with Gasteiger partial charge in [-0.05, 0) is 24.6 Å². The molecule has 1 atom stereocenters. The molecule has 0 bridgehead atoms. The number of nitrogens with one attached hydrogen (secondary N) is 1. The Labute approximate surface area is 102 Å². The highest BCUT2D eigenvalue weighted by molar-refractivity contribution is 7.90. The average Bonchev–Trinajstić information content (AvgIpc) is 2.25. The fourth-order valence-electron chi connectivity index (χ4n) is 1.50. The quantitative estimate of drug-likeness (QED) is 0.851. The smallest absolute Gasteiger partial charge is 0.148 e. The molecule has 1 aromatic carbocycles. The zero-order valence-corrected chi connectivity index (χ0v) is 10.8. The minimum Gasteiger partial charge on any atom is -0.309 e. The average molecular weight is 252 g/mol. The van der Waals surface area contributed by atoms with E-state index in [1.165, 1.54) is 6.26 Å². The van der Waals surface area contributed by atoms with Crippen molar-refractivity contribution in [1.82, 2.24) is 5.32 Å². The lowest BCUT2D eigenvalue weighted by molar-refractivity contribution is 0.560. The summed E-state index contributed by atoms with van der Waals surface area (Å²) in [6, 6.07) is 9.18. The van der Waals surface area contributed by atoms with Crippen molar-refractivity contribution in [3.8, 4) is 6.07 Å². The first-order valence-corrected chi connectivity index (χ1v) is 7.37. The fourth-order valence-corrected chi connectivity index (χ4v) is 2.53. The molecule has 17 heavy (non-hydrogen) atoms. The molecule has 1 N–H and O–H groups in total. The lowest BCUT2D eigenvalue weighted by Gasteiger charge is -2.12. The molecule has 1 aromatic rings. The van der Waals surface area contributed by atoms with E-state index in [0.29, 0.717) is 12.1 Å². The van der Waals surface area contributed by atoms with Crippen LogP contribution in [0.25, 0.3) is 0 Å². The lowest BCUT2D eigenvalue weighted by Crippen LogP contribution is -2.32. The number of hydrogen-bond donors (Lipinski definition) is 1. The van der Waals surface area contributed by atoms with Crippen LogP contribution in [0.2, 0.25) is 0 Å². The van der Waals surface area contributed by atoms with Crippen LogP contribution in [0.3, 0.4) is 0 Å². The maximum Gasteiger partial charge on any atom is 0.148 e. The van der Waals surface area contributed by atoms with Gasteiger partial charge in [0.1, 0.15) is 9.84 Å². The molecule has 0 amide bonds. The maximum atomic E-state index is 11.1. The highest BCUT2D eigenvalue weighted by Gasteiger charge is 2.09. The largest absolute Gasteiger partial charge is 0.309 e. The molecule has 0 aliphatic heterocycles. The minimum absolute atomic E-state index is 0.0827. The Balaban J connectivity index is 2.48. The van der Waals surface area contributed by atoms with Crippen LogP contribution < -0.4 is 5.32 Å². The van der Waals surface area contributed by atoms with Crippen LogP contribution in [0.5, 0.6) is 0 Å². The van der Waals surface area contributed by atoms with Gasteiger partial charge in [0.15, 0.2) is 0 Å². The topological polar surface area (TPSA) is 70.0 Å². The zero-order chi connectivity index (χ0) is 12.9. The van der Waals surface area contributed by atoms with Crippen LogP contribution in [0.4, 0.5) is 0 Å². The van der Waals surface area contributed by atoms with Crippen LogP contribution in [-0.4, -0.2) is 26.5 Å². The normalized spacial score (nSPS) is 13.0. The number of nitriles is 1. The van der Waals surface area contributed by atoms with Gasteiger partial charge >= 0.3 is 0 Å². The van der Waals surface area contributed by atoms with E-state index in [0.717, 1.165) is 5.56 Å². The monoisotopic (exact) mass is 252 g/mol. The maximum absolute atomic E-state index is 11.1. The first-order chi connectivity index (χ1) is 7.90. The minimum atomic E-state index is -2.94. The van der Waals surface area contributed by atoms with Crippen molar-refractivity contribution in [3.63, 3.8) is 0 Å². The Hall–Kier alpha value is -1.38. The summed E-state index contributed by atoms with van der Waals surface area (Å²) in [5.74, 6) is 0.128. The van der Waals surface area contributed by atoms with Gasteiger partial charge in [0, 0.05) is 18.8 Å². The van der Waals surface area contributed by atoms with Crippen molar-refractivity contribution in [2.24, 2.45) is 0 Å². The second-order valence-electron chi connectivity index (χ2n) is 4.18. The van der Waals surface area contributed by atoms with E-state index in [2.05, 4.69) is 11.4 Å². The van der Waals surface area contributed by atoms with Gasteiger partial charge in [0.25, 0.3) is 0 Å². The van der Waals surface area contributed by atoms with E-state index >= 15 is 0 Å². The summed E-state index contributed by atoms with van der Waals surface area (Å²) in [6.07, 6.45) is 1.23. The third kappa shape index (κ3) is 5.48. The summed E-state index contributed by atoms with van der Waals surface area (Å²) in [5.41, 5.74) is 1.65. The molecule has 1 unspecified atom stereocenters. The SMILES string of the molecule is CC(CS(C)(=O)=O)NCc1ccc(C#N)cc1. The molecule has 0 saturated heterocycles. The first-order valence-electron chi connectivity index (χ1n) is 5.31. The van der Waals surface area contributed by atoms with Crippen molar-refractivity contribution < 1.29 is 8.42 Å². The Morgan fingerprint density at radius 2 is 1.94 bits per heavy atom. The molecule has 0 aliphatic carbocycles. The molecule has 0 radical (unpaired) electrons. The van der Waals surface area contributed by atoms with E-state index in [1.54, 1.807) is 12.1 Å². The molecule has 0 heterocycles. The zero-order valence-electron chi connectivity index (χ0n) is 9.97. The van der Waals surface area contributed by atoms with Gasteiger partial charge in [-0.25, -0.2) is 8.42 Å². The molecule has 0 aromatic heterocycles. The van der Waals surface area contributed by atoms with Gasteiger partial charge in [-0.15, -0.1) is 0 Å². The number of sulfone groups is 1. The number of nitrogens with zero attached hydrogens (tertiary/aromatic N) is 1. The summed E-state index contributed by atoms with van der Waals surface area (Å²) in [7, 11) is -2.94. The van der Waals surface area contributed by atoms with Crippen LogP contribution in [0.15, 0.2) is 24.3 Å². The second-order valence-corrected chi connectivity index (χ2v) is 6.37. The predicted octanol–water partition coefficient (Wildman–Crippen LogP) is 1.08. The van der Waals surface area contributed by atoms with Crippen molar-refractivity contribution in [3.05, 3.63) is 35.4 Å². The van der Waals surface area contributed by atoms with Gasteiger partial charge in [0.2, 0.25) is 0 Å². The van der Waals surface area contributed by atoms with Gasteiger partial charge in [-0.2, -0.15) is 5.26 Å². The van der Waals surface area contributed by atoms with Crippen molar-refractivity contribution in [2.45, 2.75) is 19.5 Å². The molecule has 0 spiro atoms. The molecule has 0 fully saturated rings. The highest BCUT2D eigenvalue weighted by atomic mass is 32.2. The molecule has 0 saturated carbocycles. The van der Waals surface area contributed by atoms with Crippen LogP contribution in [0.1, 0.15) is 18.1 Å². The van der Waals surface area contributed by atoms with E-state index < -0.39 is 9.84 Å². The van der Waals surface area contributed by atoms with Crippen LogP contribution >= 0.6 is 0 Å². The van der Waals surface area contributed by atoms with E-state index in [-0.39, 0.29) is 11.8 Å². The number of benzene rings is 1. The van der Waals surface area contributed by atoms with Crippen molar-refractivity contribution in [2.75, 3.05) is 12.0 Å². The molecule has 1 rings (SSSR count). The van der Waals surface area contributed by atoms with Crippen LogP contribution in [-0.2, 0) is 16.4 Å². The summed E-state index contributed by atoms with van der Waals surface area (Å²) in [6.45, 7) is 2.44. The Kier molecular flexibility index (Phi) is 4.67. The molecule has 5 heteroatoms. The van der Waals surface area contributed by atoms with Crippen molar-refractivity contribution >= 4 is 9.84 Å². The molecular formula is C12H16N2O2S. The van der Waals surface area contributed by atoms with Crippen LogP contribution in [0, 0.1) is 11.3 Å². The summed E-state index contributed by atoms with van der Waals surface area (Å²) in [5, 5.41) is 11.8. The van der Waals surface area contributed by atoms with E-state index in [9.17, 15) is 8.42 Å². The predicted molar refractivity (Wildman–Crippen MR) is 67.2 cm³/mol. The summed E-state index contributed by atoms with van der Waals surface area (Å²) < 4.78 is 22.1. The Morgan fingerprint density at radius 3 is 2.41 bits per heavy atom. The summed E-state index contributed by atoms with van der Waals surface area (Å²) >= 11 is 0. The molecule has 4 nitrogen and oxygen atoms in total. The van der Waals surface area contributed by atoms with E-state index in [1.807, 2.05) is 19.1 Å². The highest BCUT2D eigenvalue weighted by Crippen LogP contribution is 2.03. The fraction of sp³-hybridized carbons (Fsp3) is 0.417. The third-order valence-electron chi connectivity index (χ3n) is 2.29. The Bertz CT molecular complexity index is 500.